The number of rotatable bonds is 6. The second-order valence-corrected chi connectivity index (χ2v) is 8.18. The van der Waals surface area contributed by atoms with Crippen molar-refractivity contribution in [2.45, 2.75) is 25.8 Å². The van der Waals surface area contributed by atoms with Gasteiger partial charge in [0.2, 0.25) is 11.8 Å². The van der Waals surface area contributed by atoms with Crippen LogP contribution in [0, 0.1) is 5.82 Å². The van der Waals surface area contributed by atoms with Crippen LogP contribution < -0.4 is 5.32 Å². The van der Waals surface area contributed by atoms with Crippen molar-refractivity contribution in [2.75, 3.05) is 24.6 Å². The molecule has 1 aliphatic rings. The lowest BCUT2D eigenvalue weighted by Gasteiger charge is -2.21. The molecule has 2 rings (SSSR count). The third kappa shape index (κ3) is 5.30. The van der Waals surface area contributed by atoms with Crippen LogP contribution in [0.2, 0.25) is 0 Å². The van der Waals surface area contributed by atoms with Gasteiger partial charge in [0, 0.05) is 19.5 Å². The Kier molecular flexibility index (Phi) is 5.93. The van der Waals surface area contributed by atoms with Crippen molar-refractivity contribution in [2.24, 2.45) is 0 Å². The summed E-state index contributed by atoms with van der Waals surface area (Å²) in [5, 5.41) is 2.64. The highest BCUT2D eigenvalue weighted by Gasteiger charge is 2.29. The predicted octanol–water partition coefficient (Wildman–Crippen LogP) is 0.520. The third-order valence-corrected chi connectivity index (χ3v) is 5.75. The number of halogens is 1. The maximum absolute atomic E-state index is 13.6. The second kappa shape index (κ2) is 7.74. The lowest BCUT2D eigenvalue weighted by Crippen LogP contribution is -2.44. The van der Waals surface area contributed by atoms with Gasteiger partial charge in [-0.2, -0.15) is 0 Å². The number of carbonyl (C=O) groups is 2. The Balaban J connectivity index is 1.88. The molecule has 0 radical (unpaired) electrons. The zero-order valence-corrected chi connectivity index (χ0v) is 14.3. The summed E-state index contributed by atoms with van der Waals surface area (Å²) in [4.78, 5) is 25.0. The second-order valence-electron chi connectivity index (χ2n) is 5.95. The van der Waals surface area contributed by atoms with Gasteiger partial charge in [0.05, 0.1) is 18.1 Å². The molecule has 0 bridgehead atoms. The van der Waals surface area contributed by atoms with Gasteiger partial charge in [-0.05, 0) is 24.5 Å². The van der Waals surface area contributed by atoms with Crippen LogP contribution in [0.1, 0.15) is 18.9 Å². The first kappa shape index (κ1) is 18.4. The van der Waals surface area contributed by atoms with Crippen LogP contribution in [0.4, 0.5) is 4.39 Å². The number of sulfone groups is 1. The summed E-state index contributed by atoms with van der Waals surface area (Å²) in [5.74, 6) is -1.03. The van der Waals surface area contributed by atoms with Gasteiger partial charge >= 0.3 is 0 Å². The summed E-state index contributed by atoms with van der Waals surface area (Å²) in [6.45, 7) is 1.39. The summed E-state index contributed by atoms with van der Waals surface area (Å²) in [7, 11) is -3.07. The van der Waals surface area contributed by atoms with Gasteiger partial charge in [-0.25, -0.2) is 12.8 Å². The highest BCUT2D eigenvalue weighted by atomic mass is 32.2. The fraction of sp³-hybridized carbons (Fsp3) is 0.500. The molecule has 2 amide bonds. The Morgan fingerprint density at radius 3 is 2.62 bits per heavy atom. The van der Waals surface area contributed by atoms with Gasteiger partial charge in [-0.3, -0.25) is 9.59 Å². The molecule has 1 aliphatic heterocycles. The van der Waals surface area contributed by atoms with Crippen LogP contribution in [0.5, 0.6) is 0 Å². The normalized spacial score (nSPS) is 19.0. The molecule has 0 aromatic heterocycles. The summed E-state index contributed by atoms with van der Waals surface area (Å²) >= 11 is 0. The largest absolute Gasteiger partial charge is 0.351 e. The molecule has 1 fully saturated rings. The molecule has 6 nitrogen and oxygen atoms in total. The molecule has 1 aromatic rings. The maximum Gasteiger partial charge on any atom is 0.239 e. The monoisotopic (exact) mass is 356 g/mol. The van der Waals surface area contributed by atoms with E-state index in [4.69, 9.17) is 0 Å². The number of amides is 2. The van der Waals surface area contributed by atoms with Crippen LogP contribution in [-0.2, 0) is 25.8 Å². The molecule has 0 aliphatic carbocycles. The van der Waals surface area contributed by atoms with Crippen molar-refractivity contribution in [3.8, 4) is 0 Å². The van der Waals surface area contributed by atoms with E-state index in [0.29, 0.717) is 18.4 Å². The first-order valence-corrected chi connectivity index (χ1v) is 9.57. The maximum atomic E-state index is 13.6. The molecule has 1 aromatic carbocycles. The summed E-state index contributed by atoms with van der Waals surface area (Å²) in [6, 6.07) is 5.88. The predicted molar refractivity (Wildman–Crippen MR) is 87.6 cm³/mol. The Bertz CT molecular complexity index is 721. The van der Waals surface area contributed by atoms with Crippen molar-refractivity contribution in [1.82, 2.24) is 10.2 Å². The van der Waals surface area contributed by atoms with Gasteiger partial charge in [-0.15, -0.1) is 0 Å². The van der Waals surface area contributed by atoms with Crippen LogP contribution >= 0.6 is 0 Å². The van der Waals surface area contributed by atoms with Gasteiger partial charge < -0.3 is 10.2 Å². The van der Waals surface area contributed by atoms with E-state index in [1.165, 1.54) is 17.9 Å². The number of hydrogen-bond donors (Lipinski definition) is 1. The topological polar surface area (TPSA) is 83.6 Å². The quantitative estimate of drug-likeness (QED) is 0.805. The van der Waals surface area contributed by atoms with Crippen molar-refractivity contribution in [3.05, 3.63) is 35.6 Å². The summed E-state index contributed by atoms with van der Waals surface area (Å²) < 4.78 is 36.4. The Morgan fingerprint density at radius 2 is 2.04 bits per heavy atom. The van der Waals surface area contributed by atoms with E-state index in [1.807, 2.05) is 0 Å². The fourth-order valence-electron chi connectivity index (χ4n) is 2.66. The van der Waals surface area contributed by atoms with Crippen LogP contribution in [0.25, 0.3) is 0 Å². The highest BCUT2D eigenvalue weighted by Crippen LogP contribution is 2.11. The Morgan fingerprint density at radius 1 is 1.33 bits per heavy atom. The first-order chi connectivity index (χ1) is 11.3. The van der Waals surface area contributed by atoms with Crippen LogP contribution in [0.15, 0.2) is 24.3 Å². The highest BCUT2D eigenvalue weighted by molar-refractivity contribution is 7.91. The summed E-state index contributed by atoms with van der Waals surface area (Å²) in [5.41, 5.74) is 0.478. The van der Waals surface area contributed by atoms with Gasteiger partial charge in [0.1, 0.15) is 5.82 Å². The van der Waals surface area contributed by atoms with E-state index in [9.17, 15) is 22.4 Å². The average Bonchev–Trinajstić information content (AvgIpc) is 2.83. The zero-order chi connectivity index (χ0) is 17.7. The Labute approximate surface area is 140 Å². The van der Waals surface area contributed by atoms with Gasteiger partial charge in [0.15, 0.2) is 9.84 Å². The van der Waals surface area contributed by atoms with E-state index in [2.05, 4.69) is 5.32 Å². The molecule has 132 valence electrons. The molecule has 24 heavy (non-hydrogen) atoms. The molecule has 0 spiro atoms. The molecule has 1 unspecified atom stereocenters. The third-order valence-electron chi connectivity index (χ3n) is 3.99. The van der Waals surface area contributed by atoms with E-state index >= 15 is 0 Å². The fourth-order valence-corrected chi connectivity index (χ4v) is 4.33. The van der Waals surface area contributed by atoms with Crippen molar-refractivity contribution >= 4 is 21.7 Å². The van der Waals surface area contributed by atoms with Crippen LogP contribution in [0.3, 0.4) is 0 Å². The molecular formula is C16H21FN2O4S. The molecule has 1 heterocycles. The Hall–Kier alpha value is -1.96. The number of benzene rings is 1. The average molecular weight is 356 g/mol. The molecule has 1 N–H and O–H groups in total. The van der Waals surface area contributed by atoms with E-state index < -0.39 is 21.8 Å². The standard InChI is InChI=1S/C16H21FN2O4S/c1-12(20)19(8-6-13-4-2-3-5-15(13)17)10-16(21)18-14-7-9-24(22,23)11-14/h2-5,14H,6-11H2,1H3,(H,18,21). The van der Waals surface area contributed by atoms with E-state index in [0.717, 1.165) is 0 Å². The minimum absolute atomic E-state index is 0.0615. The van der Waals surface area contributed by atoms with Gasteiger partial charge in [0.25, 0.3) is 0 Å². The van der Waals surface area contributed by atoms with E-state index in [-0.39, 0.29) is 36.3 Å². The number of hydrogen-bond acceptors (Lipinski definition) is 4. The minimum atomic E-state index is -3.07. The van der Waals surface area contributed by atoms with Crippen molar-refractivity contribution in [3.63, 3.8) is 0 Å². The number of nitrogens with zero attached hydrogens (tertiary/aromatic N) is 1. The molecule has 1 atom stereocenters. The summed E-state index contributed by atoms with van der Waals surface area (Å²) in [6.07, 6.45) is 0.695. The number of nitrogens with one attached hydrogen (secondary N) is 1. The smallest absolute Gasteiger partial charge is 0.239 e. The first-order valence-electron chi connectivity index (χ1n) is 7.75. The molecule has 8 heteroatoms. The molecular weight excluding hydrogens is 335 g/mol. The zero-order valence-electron chi connectivity index (χ0n) is 13.5. The van der Waals surface area contributed by atoms with Crippen molar-refractivity contribution in [1.29, 1.82) is 0 Å². The van der Waals surface area contributed by atoms with E-state index in [1.54, 1.807) is 18.2 Å². The molecule has 1 saturated heterocycles. The number of carbonyl (C=O) groups excluding carboxylic acids is 2. The van der Waals surface area contributed by atoms with Crippen LogP contribution in [-0.4, -0.2) is 55.8 Å². The SMILES string of the molecule is CC(=O)N(CCc1ccccc1F)CC(=O)NC1CCS(=O)(=O)C1. The minimum Gasteiger partial charge on any atom is -0.351 e. The lowest BCUT2D eigenvalue weighted by molar-refractivity contribution is -0.134. The lowest BCUT2D eigenvalue weighted by atomic mass is 10.1. The van der Waals surface area contributed by atoms with Gasteiger partial charge in [-0.1, -0.05) is 18.2 Å². The van der Waals surface area contributed by atoms with Crippen molar-refractivity contribution < 1.29 is 22.4 Å². The molecule has 0 saturated carbocycles.